The van der Waals surface area contributed by atoms with E-state index in [1.54, 1.807) is 0 Å². The van der Waals surface area contributed by atoms with E-state index in [4.69, 9.17) is 53.7 Å². The van der Waals surface area contributed by atoms with Crippen molar-refractivity contribution in [3.63, 3.8) is 0 Å². The molecule has 0 atom stereocenters. The van der Waals surface area contributed by atoms with Gasteiger partial charge < -0.3 is 13.4 Å². The minimum atomic E-state index is 0.428. The van der Waals surface area contributed by atoms with Gasteiger partial charge in [-0.1, -0.05) is 218 Å². The Morgan fingerprint density at radius 3 is 0.968 bits per heavy atom. The summed E-state index contributed by atoms with van der Waals surface area (Å²) in [5.41, 5.74) is 13.9. The fourth-order valence-electron chi connectivity index (χ4n) is 13.4. The Morgan fingerprint density at radius 1 is 0.213 bits per heavy atom. The molecule has 19 rings (SSSR count). The van der Waals surface area contributed by atoms with Crippen LogP contribution in [0.15, 0.2) is 294 Å². The fourth-order valence-corrected chi connectivity index (χ4v) is 13.4. The molecule has 438 valence electrons. The first-order valence-corrected chi connectivity index (χ1v) is 31.0. The molecular formula is C81H47N11O2. The van der Waals surface area contributed by atoms with Crippen molar-refractivity contribution in [3.8, 4) is 103 Å². The van der Waals surface area contributed by atoms with Crippen LogP contribution < -0.4 is 0 Å². The Morgan fingerprint density at radius 2 is 0.543 bits per heavy atom. The van der Waals surface area contributed by atoms with Gasteiger partial charge in [-0.25, -0.2) is 34.9 Å². The number of hydrogen-bond acceptors (Lipinski definition) is 11. The van der Waals surface area contributed by atoms with Crippen LogP contribution in [-0.4, -0.2) is 54.0 Å². The molecule has 19 aromatic rings. The van der Waals surface area contributed by atoms with Gasteiger partial charge in [-0.15, -0.1) is 0 Å². The average molecular weight is 1210 g/mol. The van der Waals surface area contributed by atoms with Crippen LogP contribution in [0.3, 0.4) is 0 Å². The van der Waals surface area contributed by atoms with Crippen molar-refractivity contribution in [3.05, 3.63) is 285 Å². The van der Waals surface area contributed by atoms with Gasteiger partial charge in [0, 0.05) is 82.2 Å². The smallest absolute Gasteiger partial charge is 0.238 e. The van der Waals surface area contributed by atoms with Gasteiger partial charge in [0.05, 0.1) is 33.2 Å². The lowest BCUT2D eigenvalue weighted by Gasteiger charge is -2.15. The third-order valence-electron chi connectivity index (χ3n) is 17.7. The van der Waals surface area contributed by atoms with Crippen LogP contribution in [0.1, 0.15) is 0 Å². The zero-order valence-electron chi connectivity index (χ0n) is 49.9. The highest BCUT2D eigenvalue weighted by Crippen LogP contribution is 2.43. The quantitative estimate of drug-likeness (QED) is 0.129. The molecule has 94 heavy (non-hydrogen) atoms. The first-order chi connectivity index (χ1) is 46.6. The van der Waals surface area contributed by atoms with E-state index in [1.165, 1.54) is 0 Å². The summed E-state index contributed by atoms with van der Waals surface area (Å²) in [4.78, 5) is 47.8. The van der Waals surface area contributed by atoms with Crippen molar-refractivity contribution in [2.75, 3.05) is 0 Å². The summed E-state index contributed by atoms with van der Waals surface area (Å²) >= 11 is 0. The Labute approximate surface area is 535 Å². The minimum Gasteiger partial charge on any atom is -0.455 e. The highest BCUT2D eigenvalue weighted by molar-refractivity contribution is 6.19. The van der Waals surface area contributed by atoms with Crippen molar-refractivity contribution < 1.29 is 8.83 Å². The van der Waals surface area contributed by atoms with E-state index < -0.39 is 0 Å². The van der Waals surface area contributed by atoms with E-state index in [1.807, 2.05) is 182 Å². The van der Waals surface area contributed by atoms with E-state index in [-0.39, 0.29) is 0 Å². The molecule has 13 nitrogen and oxygen atoms in total. The van der Waals surface area contributed by atoms with Crippen LogP contribution in [0.2, 0.25) is 0 Å². The lowest BCUT2D eigenvalue weighted by molar-refractivity contribution is 0.669. The summed E-state index contributed by atoms with van der Waals surface area (Å²) in [6, 6.07) is 96.7. The highest BCUT2D eigenvalue weighted by Gasteiger charge is 2.26. The molecule has 0 spiro atoms. The SMILES string of the molecule is c1ccc(-c2nc(-c3ccccc3)nc(-c3cc(-c4nc(-c5ccccc5)nc(-c5ccccc5)n4)cc(-n4c5ccccc5c5cc6c(cc54)c4ccccc4n6-c4nc(-c5cccc6c5oc5ccccc56)nc(-c5cccc6c5oc5ccccc56)n4)c3)n2)cc1. The van der Waals surface area contributed by atoms with Gasteiger partial charge in [0.25, 0.3) is 0 Å². The second kappa shape index (κ2) is 21.3. The standard InChI is InChI=1S/C81H47N11O2/c1-5-23-48(24-6-1)73-82-74(49-25-7-2-8-26-49)85-77(84-73)52-43-53(78-86-75(50-27-9-3-10-28-50)83-76(87-78)51-29-11-4-12-30-51)45-54(44-52)91-65-39-17-13-31-55(65)63-47-68-64(46-67(63)91)56-32-14-18-40-66(56)92(68)81-89-79(61-37-21-35-59-57-33-15-19-41-69(57)93-71(59)61)88-80(90-81)62-38-22-36-60-58-34-16-20-42-70(58)94-72(60)62/h1-47H. The normalized spacial score (nSPS) is 11.8. The van der Waals surface area contributed by atoms with Gasteiger partial charge in [0.15, 0.2) is 46.6 Å². The highest BCUT2D eigenvalue weighted by atomic mass is 16.3. The third-order valence-corrected chi connectivity index (χ3v) is 17.7. The molecule has 0 amide bonds. The predicted octanol–water partition coefficient (Wildman–Crippen LogP) is 19.6. The van der Waals surface area contributed by atoms with Gasteiger partial charge in [-0.3, -0.25) is 4.57 Å². The van der Waals surface area contributed by atoms with Crippen LogP contribution in [0.4, 0.5) is 0 Å². The van der Waals surface area contributed by atoms with E-state index in [2.05, 4.69) is 112 Å². The molecule has 0 aliphatic rings. The van der Waals surface area contributed by atoms with Gasteiger partial charge in [0.2, 0.25) is 5.95 Å². The lowest BCUT2D eigenvalue weighted by Crippen LogP contribution is -2.06. The molecule has 7 aromatic heterocycles. The fraction of sp³-hybridized carbons (Fsp3) is 0. The number of para-hydroxylation sites is 6. The summed E-state index contributed by atoms with van der Waals surface area (Å²) in [5, 5.41) is 7.98. The molecule has 0 bridgehead atoms. The van der Waals surface area contributed by atoms with Crippen molar-refractivity contribution in [2.45, 2.75) is 0 Å². The number of nitrogens with zero attached hydrogens (tertiary/aromatic N) is 11. The maximum absolute atomic E-state index is 6.70. The van der Waals surface area contributed by atoms with Gasteiger partial charge in [0.1, 0.15) is 22.3 Å². The van der Waals surface area contributed by atoms with E-state index in [0.29, 0.717) is 63.7 Å². The molecule has 0 N–H and O–H groups in total. The average Bonchev–Trinajstić information content (AvgIpc) is 1.55. The van der Waals surface area contributed by atoms with Crippen LogP contribution >= 0.6 is 0 Å². The van der Waals surface area contributed by atoms with E-state index in [0.717, 1.165) is 127 Å². The van der Waals surface area contributed by atoms with Crippen LogP contribution in [-0.2, 0) is 0 Å². The van der Waals surface area contributed by atoms with Gasteiger partial charge >= 0.3 is 0 Å². The van der Waals surface area contributed by atoms with E-state index >= 15 is 0 Å². The number of benzene rings is 12. The Balaban J connectivity index is 0.873. The second-order valence-electron chi connectivity index (χ2n) is 23.3. The van der Waals surface area contributed by atoms with Crippen molar-refractivity contribution >= 4 is 87.5 Å². The summed E-state index contributed by atoms with van der Waals surface area (Å²) in [7, 11) is 0. The first-order valence-electron chi connectivity index (χ1n) is 31.0. The topological polar surface area (TPSA) is 152 Å². The van der Waals surface area contributed by atoms with Crippen LogP contribution in [0.25, 0.3) is 190 Å². The monoisotopic (exact) mass is 1210 g/mol. The number of furan rings is 2. The Kier molecular flexibility index (Phi) is 11.9. The molecule has 7 heterocycles. The maximum Gasteiger partial charge on any atom is 0.238 e. The number of rotatable bonds is 10. The predicted molar refractivity (Wildman–Crippen MR) is 373 cm³/mol. The largest absolute Gasteiger partial charge is 0.455 e. The molecule has 0 saturated carbocycles. The zero-order chi connectivity index (χ0) is 61.8. The number of fused-ring (bicyclic) bond motifs is 12. The molecule has 0 aliphatic heterocycles. The molecule has 0 aliphatic carbocycles. The first kappa shape index (κ1) is 52.8. The van der Waals surface area contributed by atoms with Crippen molar-refractivity contribution in [1.82, 2.24) is 54.0 Å². The zero-order valence-corrected chi connectivity index (χ0v) is 49.9. The molecule has 0 saturated heterocycles. The second-order valence-corrected chi connectivity index (χ2v) is 23.3. The molecule has 0 unspecified atom stereocenters. The molecule has 0 radical (unpaired) electrons. The van der Waals surface area contributed by atoms with E-state index in [9.17, 15) is 0 Å². The number of aromatic nitrogens is 11. The third kappa shape index (κ3) is 8.67. The molecule has 12 aromatic carbocycles. The van der Waals surface area contributed by atoms with Gasteiger partial charge in [-0.2, -0.15) is 9.97 Å². The summed E-state index contributed by atoms with van der Waals surface area (Å²) in [6.07, 6.45) is 0. The summed E-state index contributed by atoms with van der Waals surface area (Å²) in [6.45, 7) is 0. The molecule has 0 fully saturated rings. The van der Waals surface area contributed by atoms with Gasteiger partial charge in [-0.05, 0) is 66.7 Å². The summed E-state index contributed by atoms with van der Waals surface area (Å²) in [5.74, 6) is 4.46. The minimum absolute atomic E-state index is 0.428. The van der Waals surface area contributed by atoms with Crippen LogP contribution in [0, 0.1) is 0 Å². The van der Waals surface area contributed by atoms with Crippen molar-refractivity contribution in [2.24, 2.45) is 0 Å². The maximum atomic E-state index is 6.70. The molecule has 13 heteroatoms. The lowest BCUT2D eigenvalue weighted by atomic mass is 10.1. The van der Waals surface area contributed by atoms with Crippen LogP contribution in [0.5, 0.6) is 0 Å². The Hall–Kier alpha value is -13.1. The summed E-state index contributed by atoms with van der Waals surface area (Å²) < 4.78 is 17.9. The molecular weight excluding hydrogens is 1160 g/mol. The Bertz CT molecular complexity index is 5850. The van der Waals surface area contributed by atoms with Crippen molar-refractivity contribution in [1.29, 1.82) is 0 Å². The number of hydrogen-bond donors (Lipinski definition) is 0.